The molecule has 0 atom stereocenters. The predicted molar refractivity (Wildman–Crippen MR) is 223 cm³/mol. The summed E-state index contributed by atoms with van der Waals surface area (Å²) in [7, 11) is -3.31. The van der Waals surface area contributed by atoms with Crippen molar-refractivity contribution in [3.8, 4) is 22.8 Å². The molecule has 0 unspecified atom stereocenters. The molecular weight excluding hydrogens is 867 g/mol. The lowest BCUT2D eigenvalue weighted by Crippen LogP contribution is -2.48. The van der Waals surface area contributed by atoms with Crippen LogP contribution < -0.4 is 5.32 Å². The van der Waals surface area contributed by atoms with E-state index in [-0.39, 0.29) is 39.0 Å². The van der Waals surface area contributed by atoms with E-state index in [1.165, 1.54) is 38.2 Å². The molecular formula is C43H46F6N10O4S. The zero-order valence-electron chi connectivity index (χ0n) is 34.6. The Bertz CT molecular complexity index is 2610. The highest BCUT2D eigenvalue weighted by molar-refractivity contribution is 7.88. The summed E-state index contributed by atoms with van der Waals surface area (Å²) >= 11 is 0. The van der Waals surface area contributed by atoms with Crippen molar-refractivity contribution in [3.63, 3.8) is 0 Å². The first kappa shape index (κ1) is 46.4. The van der Waals surface area contributed by atoms with E-state index in [2.05, 4.69) is 36.1 Å². The van der Waals surface area contributed by atoms with Crippen LogP contribution in [-0.2, 0) is 48.3 Å². The Hall–Kier alpha value is -5.61. The fraction of sp³-hybridized carbons (Fsp3) is 0.395. The summed E-state index contributed by atoms with van der Waals surface area (Å²) in [5.41, 5.74) is 1.25. The lowest BCUT2D eigenvalue weighted by molar-refractivity contribution is -0.138. The topological polar surface area (TPSA) is 177 Å². The molecule has 3 N–H and O–H groups in total. The molecule has 21 heteroatoms. The van der Waals surface area contributed by atoms with Gasteiger partial charge in [-0.25, -0.2) is 12.7 Å². The molecule has 0 radical (unpaired) electrons. The summed E-state index contributed by atoms with van der Waals surface area (Å²) in [6.45, 7) is 2.25. The lowest BCUT2D eigenvalue weighted by atomic mass is 9.93. The Labute approximate surface area is 365 Å². The number of piperidine rings is 2. The van der Waals surface area contributed by atoms with E-state index in [9.17, 15) is 45.0 Å². The maximum atomic E-state index is 12.8. The van der Waals surface area contributed by atoms with Gasteiger partial charge in [-0.2, -0.15) is 35.9 Å². The molecule has 4 heterocycles. The van der Waals surface area contributed by atoms with Gasteiger partial charge in [0.2, 0.25) is 21.7 Å². The van der Waals surface area contributed by atoms with Crippen LogP contribution in [0.25, 0.3) is 22.8 Å². The molecule has 6 aromatic rings. The van der Waals surface area contributed by atoms with Crippen LogP contribution in [0.3, 0.4) is 0 Å². The highest BCUT2D eigenvalue weighted by atomic mass is 32.2. The van der Waals surface area contributed by atoms with Gasteiger partial charge < -0.3 is 15.5 Å². The second kappa shape index (κ2) is 18.9. The van der Waals surface area contributed by atoms with Gasteiger partial charge in [0.05, 0.1) is 41.7 Å². The lowest BCUT2D eigenvalue weighted by Gasteiger charge is -2.36. The van der Waals surface area contributed by atoms with Crippen molar-refractivity contribution in [2.24, 2.45) is 0 Å². The number of hydrogen-bond acceptors (Lipinski definition) is 11. The van der Waals surface area contributed by atoms with Crippen molar-refractivity contribution >= 4 is 10.0 Å². The molecule has 14 nitrogen and oxygen atoms in total. The molecule has 64 heavy (non-hydrogen) atoms. The molecule has 2 aromatic heterocycles. The van der Waals surface area contributed by atoms with E-state index in [1.807, 2.05) is 36.4 Å². The van der Waals surface area contributed by atoms with E-state index in [4.69, 9.17) is 0 Å². The summed E-state index contributed by atoms with van der Waals surface area (Å²) in [5, 5.41) is 50.0. The first-order chi connectivity index (χ1) is 30.3. The first-order valence-corrected chi connectivity index (χ1v) is 22.3. The third-order valence-electron chi connectivity index (χ3n) is 11.3. The molecule has 2 aliphatic rings. The number of rotatable bonds is 11. The Balaban J connectivity index is 0.000000193. The Morgan fingerprint density at radius 2 is 1.00 bits per heavy atom. The second-order valence-corrected chi connectivity index (χ2v) is 18.2. The predicted octanol–water partition coefficient (Wildman–Crippen LogP) is 5.80. The molecule has 2 aliphatic heterocycles. The molecule has 0 saturated carbocycles. The fourth-order valence-electron chi connectivity index (χ4n) is 7.65. The SMILES string of the molecule is CS(=O)(=O)N1CCC(O)(Cn2nnc(-c3ccccc3Cc3ccc(C(F)(F)F)cc3)n2)CC1.OC1(Cn2nnc(-c3ccccc3Cc3ccc(C(F)(F)F)cc3)n2)CCNCC1. The summed E-state index contributed by atoms with van der Waals surface area (Å²) in [6.07, 6.45) is -5.02. The summed E-state index contributed by atoms with van der Waals surface area (Å²) in [5.74, 6) is 0.759. The van der Waals surface area contributed by atoms with Gasteiger partial charge >= 0.3 is 12.4 Å². The van der Waals surface area contributed by atoms with Crippen molar-refractivity contribution < 1.29 is 45.0 Å². The smallest absolute Gasteiger partial charge is 0.388 e. The van der Waals surface area contributed by atoms with E-state index in [0.717, 1.165) is 65.9 Å². The third kappa shape index (κ3) is 11.9. The number of benzene rings is 4. The van der Waals surface area contributed by atoms with Crippen molar-refractivity contribution in [1.82, 2.24) is 50.0 Å². The molecule has 0 aliphatic carbocycles. The molecule has 0 amide bonds. The van der Waals surface area contributed by atoms with Gasteiger partial charge in [-0.15, -0.1) is 20.4 Å². The van der Waals surface area contributed by atoms with E-state index < -0.39 is 44.7 Å². The minimum absolute atomic E-state index is 0.0681. The normalized spacial score (nSPS) is 16.8. The Morgan fingerprint density at radius 3 is 1.39 bits per heavy atom. The average molecular weight is 913 g/mol. The summed E-state index contributed by atoms with van der Waals surface area (Å²) in [4.78, 5) is 2.70. The van der Waals surface area contributed by atoms with Crippen LogP contribution in [0.15, 0.2) is 97.1 Å². The standard InChI is InChI=1S/C22H24F3N5O3S.C21H22F3N5O/c1-34(32,33)29-12-10-21(31,11-13-29)15-30-27-20(26-28-30)19-5-3-2-4-17(19)14-16-6-8-18(9-7-16)22(23,24)25;22-21(23,24)17-7-5-15(6-8-17)13-16-3-1-2-4-18(16)19-26-28-29(27-19)14-20(30)9-11-25-12-10-20/h2-9,31H,10-15H2,1H3;1-8,25,30H,9-14H2. The van der Waals surface area contributed by atoms with Gasteiger partial charge in [0.15, 0.2) is 0 Å². The summed E-state index contributed by atoms with van der Waals surface area (Å²) in [6, 6.07) is 24.9. The third-order valence-corrected chi connectivity index (χ3v) is 12.6. The van der Waals surface area contributed by atoms with Crippen LogP contribution in [0, 0.1) is 0 Å². The van der Waals surface area contributed by atoms with Crippen molar-refractivity contribution in [2.45, 2.75) is 75.2 Å². The second-order valence-electron chi connectivity index (χ2n) is 16.2. The number of nitrogens with zero attached hydrogens (tertiary/aromatic N) is 9. The van der Waals surface area contributed by atoms with Gasteiger partial charge in [-0.3, -0.25) is 0 Å². The van der Waals surface area contributed by atoms with E-state index in [0.29, 0.717) is 48.5 Å². The fourth-order valence-corrected chi connectivity index (χ4v) is 8.50. The van der Waals surface area contributed by atoms with Crippen LogP contribution >= 0.6 is 0 Å². The van der Waals surface area contributed by atoms with Crippen molar-refractivity contribution in [2.75, 3.05) is 32.4 Å². The molecule has 2 saturated heterocycles. The quantitative estimate of drug-likeness (QED) is 0.134. The van der Waals surface area contributed by atoms with Gasteiger partial charge in [-0.1, -0.05) is 72.8 Å². The number of alkyl halides is 6. The van der Waals surface area contributed by atoms with Crippen molar-refractivity contribution in [1.29, 1.82) is 0 Å². The van der Waals surface area contributed by atoms with E-state index >= 15 is 0 Å². The molecule has 2 fully saturated rings. The van der Waals surface area contributed by atoms with Crippen LogP contribution in [0.1, 0.15) is 59.1 Å². The van der Waals surface area contributed by atoms with Gasteiger partial charge in [0, 0.05) is 24.2 Å². The minimum Gasteiger partial charge on any atom is -0.388 e. The molecule has 0 spiro atoms. The largest absolute Gasteiger partial charge is 0.416 e. The number of sulfonamides is 1. The zero-order chi connectivity index (χ0) is 45.8. The number of halogens is 6. The molecule has 8 rings (SSSR count). The van der Waals surface area contributed by atoms with Crippen molar-refractivity contribution in [3.05, 3.63) is 130 Å². The van der Waals surface area contributed by atoms with Gasteiger partial charge in [-0.05, 0) is 109 Å². The Morgan fingerprint density at radius 1 is 0.609 bits per heavy atom. The molecule has 340 valence electrons. The molecule has 4 aromatic carbocycles. The van der Waals surface area contributed by atoms with Crippen LogP contribution in [0.2, 0.25) is 0 Å². The van der Waals surface area contributed by atoms with Gasteiger partial charge in [0.1, 0.15) is 0 Å². The summed E-state index contributed by atoms with van der Waals surface area (Å²) < 4.78 is 102. The number of hydrogen-bond donors (Lipinski definition) is 3. The number of aromatic nitrogens is 8. The maximum absolute atomic E-state index is 12.8. The average Bonchev–Trinajstić information content (AvgIpc) is 3.90. The number of nitrogens with one attached hydrogen (secondary N) is 1. The number of aliphatic hydroxyl groups is 2. The maximum Gasteiger partial charge on any atom is 0.416 e. The molecule has 0 bridgehead atoms. The number of tetrazole rings is 2. The van der Waals surface area contributed by atoms with Crippen LogP contribution in [0.5, 0.6) is 0 Å². The Kier molecular flexibility index (Phi) is 13.7. The first-order valence-electron chi connectivity index (χ1n) is 20.4. The van der Waals surface area contributed by atoms with E-state index in [1.54, 1.807) is 12.1 Å². The minimum atomic E-state index is -4.38. The van der Waals surface area contributed by atoms with Crippen LogP contribution in [-0.4, -0.2) is 107 Å². The zero-order valence-corrected chi connectivity index (χ0v) is 35.5. The van der Waals surface area contributed by atoms with Crippen LogP contribution in [0.4, 0.5) is 26.3 Å². The highest BCUT2D eigenvalue weighted by Gasteiger charge is 2.37. The highest BCUT2D eigenvalue weighted by Crippen LogP contribution is 2.32. The van der Waals surface area contributed by atoms with Gasteiger partial charge in [0.25, 0.3) is 0 Å². The monoisotopic (exact) mass is 912 g/mol.